The van der Waals surface area contributed by atoms with Gasteiger partial charge in [-0.3, -0.25) is 0 Å². The third kappa shape index (κ3) is 3.99. The van der Waals surface area contributed by atoms with Crippen molar-refractivity contribution in [1.82, 2.24) is 4.72 Å². The van der Waals surface area contributed by atoms with Gasteiger partial charge in [-0.2, -0.15) is 0 Å². The number of thiocarbonyl (C=S) groups is 1. The van der Waals surface area contributed by atoms with Crippen LogP contribution in [0, 0.1) is 11.6 Å². The molecule has 0 aromatic heterocycles. The van der Waals surface area contributed by atoms with Crippen LogP contribution in [0.2, 0.25) is 0 Å². The summed E-state index contributed by atoms with van der Waals surface area (Å²) in [5.41, 5.74) is 5.18. The molecule has 0 heterocycles. The fraction of sp³-hybridized carbons (Fsp3) is 0.222. The number of rotatable bonds is 5. The second-order valence-electron chi connectivity index (χ2n) is 3.19. The smallest absolute Gasteiger partial charge is 0.243 e. The maximum Gasteiger partial charge on any atom is 0.243 e. The first kappa shape index (κ1) is 13.9. The Morgan fingerprint density at radius 3 is 2.65 bits per heavy atom. The molecule has 0 spiro atoms. The molecule has 1 aromatic carbocycles. The van der Waals surface area contributed by atoms with Crippen molar-refractivity contribution in [2.75, 3.05) is 6.54 Å². The first-order valence-electron chi connectivity index (χ1n) is 4.56. The lowest BCUT2D eigenvalue weighted by atomic mass is 10.3. The van der Waals surface area contributed by atoms with Gasteiger partial charge < -0.3 is 5.73 Å². The van der Waals surface area contributed by atoms with E-state index in [0.717, 1.165) is 12.1 Å². The standard InChI is InChI=1S/C9H10F2N2O2S2/c10-6-1-2-7(11)8(5-6)17(14,15)13-4-3-9(12)16/h1-2,5,13H,3-4H2,(H2,12,16). The molecular formula is C9H10F2N2O2S2. The van der Waals surface area contributed by atoms with Crippen LogP contribution in [0.5, 0.6) is 0 Å². The SMILES string of the molecule is NC(=S)CCNS(=O)(=O)c1cc(F)ccc1F. The summed E-state index contributed by atoms with van der Waals surface area (Å²) in [5.74, 6) is -1.85. The van der Waals surface area contributed by atoms with Crippen molar-refractivity contribution in [3.63, 3.8) is 0 Å². The van der Waals surface area contributed by atoms with Crippen molar-refractivity contribution >= 4 is 27.2 Å². The average molecular weight is 280 g/mol. The van der Waals surface area contributed by atoms with Gasteiger partial charge >= 0.3 is 0 Å². The Balaban J connectivity index is 2.89. The first-order chi connectivity index (χ1) is 7.83. The highest BCUT2D eigenvalue weighted by Gasteiger charge is 2.19. The van der Waals surface area contributed by atoms with Crippen LogP contribution in [-0.2, 0) is 10.0 Å². The fourth-order valence-corrected chi connectivity index (χ4v) is 2.29. The third-order valence-electron chi connectivity index (χ3n) is 1.85. The molecule has 0 radical (unpaired) electrons. The zero-order valence-electron chi connectivity index (χ0n) is 8.61. The van der Waals surface area contributed by atoms with Gasteiger partial charge in [0.1, 0.15) is 16.5 Å². The van der Waals surface area contributed by atoms with Crippen LogP contribution in [0.3, 0.4) is 0 Å². The van der Waals surface area contributed by atoms with Gasteiger partial charge in [-0.15, -0.1) is 0 Å². The number of nitrogens with two attached hydrogens (primary N) is 1. The predicted molar refractivity (Wildman–Crippen MR) is 62.9 cm³/mol. The molecule has 0 aliphatic carbocycles. The molecule has 1 aromatic rings. The molecule has 4 nitrogen and oxygen atoms in total. The molecule has 94 valence electrons. The van der Waals surface area contributed by atoms with Gasteiger partial charge in [0.25, 0.3) is 0 Å². The third-order valence-corrected chi connectivity index (χ3v) is 3.53. The summed E-state index contributed by atoms with van der Waals surface area (Å²) in [6.45, 7) is -0.0619. The van der Waals surface area contributed by atoms with E-state index in [1.165, 1.54) is 0 Å². The van der Waals surface area contributed by atoms with Crippen molar-refractivity contribution in [2.24, 2.45) is 5.73 Å². The molecule has 0 amide bonds. The largest absolute Gasteiger partial charge is 0.393 e. The molecule has 0 aliphatic rings. The summed E-state index contributed by atoms with van der Waals surface area (Å²) in [7, 11) is -4.09. The average Bonchev–Trinajstić information content (AvgIpc) is 2.20. The summed E-state index contributed by atoms with van der Waals surface area (Å²) in [6.07, 6.45) is 0.144. The minimum absolute atomic E-state index is 0.0619. The van der Waals surface area contributed by atoms with Crippen molar-refractivity contribution in [1.29, 1.82) is 0 Å². The maximum absolute atomic E-state index is 13.2. The number of halogens is 2. The molecule has 1 rings (SSSR count). The summed E-state index contributed by atoms with van der Waals surface area (Å²) in [4.78, 5) is -0.604. The van der Waals surface area contributed by atoms with E-state index in [2.05, 4.69) is 16.9 Å². The Hall–Kier alpha value is -1.12. The van der Waals surface area contributed by atoms with Crippen LogP contribution < -0.4 is 10.5 Å². The van der Waals surface area contributed by atoms with E-state index in [-0.39, 0.29) is 18.0 Å². The van der Waals surface area contributed by atoms with Gasteiger partial charge in [-0.25, -0.2) is 21.9 Å². The minimum Gasteiger partial charge on any atom is -0.393 e. The monoisotopic (exact) mass is 280 g/mol. The minimum atomic E-state index is -4.09. The highest BCUT2D eigenvalue weighted by Crippen LogP contribution is 2.15. The maximum atomic E-state index is 13.2. The lowest BCUT2D eigenvalue weighted by molar-refractivity contribution is 0.546. The van der Waals surface area contributed by atoms with E-state index in [1.807, 2.05) is 0 Å². The molecular weight excluding hydrogens is 270 g/mol. The van der Waals surface area contributed by atoms with E-state index in [4.69, 9.17) is 5.73 Å². The summed E-state index contributed by atoms with van der Waals surface area (Å²) in [6, 6.07) is 2.19. The Bertz CT molecular complexity index is 532. The quantitative estimate of drug-likeness (QED) is 0.787. The van der Waals surface area contributed by atoms with Crippen molar-refractivity contribution in [2.45, 2.75) is 11.3 Å². The summed E-state index contributed by atoms with van der Waals surface area (Å²) in [5, 5.41) is 0. The molecule has 17 heavy (non-hydrogen) atoms. The molecule has 8 heteroatoms. The first-order valence-corrected chi connectivity index (χ1v) is 6.45. The molecule has 0 saturated heterocycles. The molecule has 3 N–H and O–H groups in total. The molecule has 0 unspecified atom stereocenters. The van der Waals surface area contributed by atoms with Crippen molar-refractivity contribution in [3.8, 4) is 0 Å². The van der Waals surface area contributed by atoms with Gasteiger partial charge in [-0.05, 0) is 18.2 Å². The highest BCUT2D eigenvalue weighted by atomic mass is 32.2. The Morgan fingerprint density at radius 1 is 1.41 bits per heavy atom. The van der Waals surface area contributed by atoms with Gasteiger partial charge in [0, 0.05) is 13.0 Å². The summed E-state index contributed by atoms with van der Waals surface area (Å²) < 4.78 is 51.3. The van der Waals surface area contributed by atoms with Crippen molar-refractivity contribution < 1.29 is 17.2 Å². The highest BCUT2D eigenvalue weighted by molar-refractivity contribution is 7.89. The number of nitrogens with one attached hydrogen (secondary N) is 1. The second-order valence-corrected chi connectivity index (χ2v) is 5.45. The number of hydrogen-bond acceptors (Lipinski definition) is 3. The summed E-state index contributed by atoms with van der Waals surface area (Å²) >= 11 is 4.56. The Morgan fingerprint density at radius 2 is 2.06 bits per heavy atom. The van der Waals surface area contributed by atoms with Gasteiger partial charge in [0.15, 0.2) is 0 Å². The predicted octanol–water partition coefficient (Wildman–Crippen LogP) is 0.919. The normalized spacial score (nSPS) is 11.4. The second kappa shape index (κ2) is 5.48. The van der Waals surface area contributed by atoms with Crippen molar-refractivity contribution in [3.05, 3.63) is 29.8 Å². The van der Waals surface area contributed by atoms with Crippen LogP contribution in [-0.4, -0.2) is 20.0 Å². The van der Waals surface area contributed by atoms with Gasteiger partial charge in [-0.1, -0.05) is 12.2 Å². The molecule has 0 bridgehead atoms. The van der Waals surface area contributed by atoms with Gasteiger partial charge in [0.2, 0.25) is 10.0 Å². The fourth-order valence-electron chi connectivity index (χ4n) is 1.07. The van der Waals surface area contributed by atoms with Gasteiger partial charge in [0.05, 0.1) is 4.99 Å². The zero-order chi connectivity index (χ0) is 13.1. The molecule has 0 saturated carbocycles. The van der Waals surface area contributed by atoms with E-state index in [9.17, 15) is 17.2 Å². The van der Waals surface area contributed by atoms with Crippen LogP contribution >= 0.6 is 12.2 Å². The topological polar surface area (TPSA) is 72.2 Å². The molecule has 0 fully saturated rings. The van der Waals surface area contributed by atoms with Crippen LogP contribution in [0.1, 0.15) is 6.42 Å². The number of hydrogen-bond donors (Lipinski definition) is 2. The Labute approximate surface area is 103 Å². The number of benzene rings is 1. The molecule has 0 aliphatic heterocycles. The lowest BCUT2D eigenvalue weighted by Gasteiger charge is -2.07. The van der Waals surface area contributed by atoms with Crippen LogP contribution in [0.25, 0.3) is 0 Å². The van der Waals surface area contributed by atoms with E-state index in [0.29, 0.717) is 6.07 Å². The van der Waals surface area contributed by atoms with E-state index >= 15 is 0 Å². The molecule has 0 atom stereocenters. The van der Waals surface area contributed by atoms with Crippen LogP contribution in [0.15, 0.2) is 23.1 Å². The van der Waals surface area contributed by atoms with Crippen LogP contribution in [0.4, 0.5) is 8.78 Å². The zero-order valence-corrected chi connectivity index (χ0v) is 10.2. The number of sulfonamides is 1. The lowest BCUT2D eigenvalue weighted by Crippen LogP contribution is -2.28. The Kier molecular flexibility index (Phi) is 4.49. The van der Waals surface area contributed by atoms with E-state index in [1.54, 1.807) is 0 Å². The van der Waals surface area contributed by atoms with E-state index < -0.39 is 26.6 Å².